The summed E-state index contributed by atoms with van der Waals surface area (Å²) in [7, 11) is 1.82. The van der Waals surface area contributed by atoms with Gasteiger partial charge in [-0.2, -0.15) is 10.2 Å². The fraction of sp³-hybridized carbons (Fsp3) is 0.0833. The zero-order valence-electron chi connectivity index (χ0n) is 17.1. The van der Waals surface area contributed by atoms with Crippen LogP contribution in [-0.4, -0.2) is 20.0 Å². The number of fused-ring (bicyclic) bond motifs is 2. The van der Waals surface area contributed by atoms with E-state index in [1.165, 1.54) is 0 Å². The summed E-state index contributed by atoms with van der Waals surface area (Å²) in [5, 5.41) is 14.4. The number of rotatable bonds is 3. The summed E-state index contributed by atoms with van der Waals surface area (Å²) in [5.41, 5.74) is 9.59. The minimum atomic E-state index is -0.275. The molecule has 3 N–H and O–H groups in total. The quantitative estimate of drug-likeness (QED) is 0.394. The van der Waals surface area contributed by atoms with Crippen LogP contribution in [-0.2, 0) is 13.6 Å². The molecule has 0 radical (unpaired) electrons. The van der Waals surface area contributed by atoms with Gasteiger partial charge < -0.3 is 5.73 Å². The Kier molecular flexibility index (Phi) is 4.74. The molecule has 8 heteroatoms. The molecule has 0 amide bonds. The second-order valence-corrected chi connectivity index (χ2v) is 7.82. The molecule has 0 saturated carbocycles. The van der Waals surface area contributed by atoms with Crippen molar-refractivity contribution in [3.63, 3.8) is 0 Å². The molecule has 2 aromatic heterocycles. The molecule has 7 nitrogen and oxygen atoms in total. The van der Waals surface area contributed by atoms with Gasteiger partial charge in [0.1, 0.15) is 0 Å². The topological polar surface area (TPSA) is 93.9 Å². The van der Waals surface area contributed by atoms with Gasteiger partial charge in [0.05, 0.1) is 29.5 Å². The zero-order chi connectivity index (χ0) is 22.4. The fourth-order valence-electron chi connectivity index (χ4n) is 4.12. The van der Waals surface area contributed by atoms with E-state index in [9.17, 15) is 4.79 Å². The maximum absolute atomic E-state index is 12.2. The molecule has 5 aromatic rings. The number of nitrogens with one attached hydrogen (secondary N) is 1. The molecular weight excluding hydrogens is 424 g/mol. The third-order valence-electron chi connectivity index (χ3n) is 5.63. The first kappa shape index (κ1) is 19.9. The first-order valence-corrected chi connectivity index (χ1v) is 10.2. The van der Waals surface area contributed by atoms with E-state index >= 15 is 0 Å². The van der Waals surface area contributed by atoms with Crippen molar-refractivity contribution in [2.24, 2.45) is 12.8 Å². The van der Waals surface area contributed by atoms with Crippen molar-refractivity contribution in [2.45, 2.75) is 6.54 Å². The van der Waals surface area contributed by atoms with Crippen molar-refractivity contribution < 1.29 is 0 Å². The van der Waals surface area contributed by atoms with Gasteiger partial charge in [0.25, 0.3) is 5.56 Å². The van der Waals surface area contributed by atoms with Gasteiger partial charge in [-0.25, -0.2) is 9.94 Å². The standard InChI is InChI=1S/C24H17ClN6O/c1-27-22-15-6-4-3-5-13(15)10-19(25)21(22)23-18(12-28-31(23)2)14-7-8-16-17(9-14)20(11-26)29-30-24(16)32/h3-10,12H,11,26H2,2H3,(H,30,32). The van der Waals surface area contributed by atoms with Gasteiger partial charge in [-0.3, -0.25) is 9.48 Å². The molecule has 0 bridgehead atoms. The monoisotopic (exact) mass is 440 g/mol. The number of hydrogen-bond donors (Lipinski definition) is 2. The maximum atomic E-state index is 12.2. The Hall–Kier alpha value is -3.99. The highest BCUT2D eigenvalue weighted by molar-refractivity contribution is 6.36. The van der Waals surface area contributed by atoms with Crippen LogP contribution in [0.25, 0.3) is 48.8 Å². The first-order valence-electron chi connectivity index (χ1n) is 9.86. The van der Waals surface area contributed by atoms with E-state index in [1.807, 2.05) is 49.5 Å². The molecule has 0 saturated heterocycles. The summed E-state index contributed by atoms with van der Waals surface area (Å²) in [5.74, 6) is 0. The van der Waals surface area contributed by atoms with Crippen molar-refractivity contribution in [1.29, 1.82) is 0 Å². The van der Waals surface area contributed by atoms with Gasteiger partial charge in [-0.05, 0) is 34.5 Å². The highest BCUT2D eigenvalue weighted by Crippen LogP contribution is 2.45. The average Bonchev–Trinajstić information content (AvgIpc) is 3.19. The Morgan fingerprint density at radius 3 is 2.75 bits per heavy atom. The number of nitrogens with two attached hydrogens (primary N) is 1. The summed E-state index contributed by atoms with van der Waals surface area (Å²) in [4.78, 5) is 16.0. The third kappa shape index (κ3) is 2.97. The van der Waals surface area contributed by atoms with E-state index in [0.717, 1.165) is 27.6 Å². The Morgan fingerprint density at radius 1 is 1.16 bits per heavy atom. The lowest BCUT2D eigenvalue weighted by Gasteiger charge is -2.14. The predicted octanol–water partition coefficient (Wildman–Crippen LogP) is 4.81. The van der Waals surface area contributed by atoms with Crippen molar-refractivity contribution in [2.75, 3.05) is 0 Å². The molecule has 32 heavy (non-hydrogen) atoms. The second-order valence-electron chi connectivity index (χ2n) is 7.41. The molecule has 0 atom stereocenters. The van der Waals surface area contributed by atoms with Gasteiger partial charge in [-0.1, -0.05) is 41.9 Å². The van der Waals surface area contributed by atoms with Crippen molar-refractivity contribution >= 4 is 38.8 Å². The number of hydrogen-bond acceptors (Lipinski definition) is 4. The highest BCUT2D eigenvalue weighted by Gasteiger charge is 2.22. The molecule has 2 heterocycles. The van der Waals surface area contributed by atoms with Crippen molar-refractivity contribution in [1.82, 2.24) is 20.0 Å². The Bertz CT molecular complexity index is 1630. The smallest absolute Gasteiger partial charge is 0.272 e. The van der Waals surface area contributed by atoms with Crippen LogP contribution in [0.3, 0.4) is 0 Å². The number of aromatic nitrogens is 4. The largest absolute Gasteiger partial charge is 0.325 e. The summed E-state index contributed by atoms with van der Waals surface area (Å²) < 4.78 is 1.71. The molecule has 0 aliphatic rings. The number of nitrogens with zero attached hydrogens (tertiary/aromatic N) is 4. The number of aryl methyl sites for hydroxylation is 1. The number of aromatic amines is 1. The number of halogens is 1. The van der Waals surface area contributed by atoms with Crippen LogP contribution >= 0.6 is 11.6 Å². The zero-order valence-corrected chi connectivity index (χ0v) is 17.8. The molecule has 5 rings (SSSR count). The van der Waals surface area contributed by atoms with E-state index in [0.29, 0.717) is 32.7 Å². The van der Waals surface area contributed by atoms with Crippen LogP contribution in [0.4, 0.5) is 5.69 Å². The van der Waals surface area contributed by atoms with Crippen LogP contribution in [0.1, 0.15) is 5.69 Å². The molecule has 156 valence electrons. The van der Waals surface area contributed by atoms with E-state index in [4.69, 9.17) is 23.9 Å². The number of benzene rings is 3. The highest BCUT2D eigenvalue weighted by atomic mass is 35.5. The summed E-state index contributed by atoms with van der Waals surface area (Å²) in [6, 6.07) is 15.0. The average molecular weight is 441 g/mol. The lowest BCUT2D eigenvalue weighted by atomic mass is 9.95. The molecule has 0 unspecified atom stereocenters. The Morgan fingerprint density at radius 2 is 1.97 bits per heavy atom. The minimum absolute atomic E-state index is 0.189. The van der Waals surface area contributed by atoms with Crippen LogP contribution in [0.5, 0.6) is 0 Å². The van der Waals surface area contributed by atoms with Gasteiger partial charge in [0, 0.05) is 35.1 Å². The van der Waals surface area contributed by atoms with Crippen LogP contribution in [0.2, 0.25) is 5.02 Å². The predicted molar refractivity (Wildman–Crippen MR) is 127 cm³/mol. The molecule has 0 fully saturated rings. The summed E-state index contributed by atoms with van der Waals surface area (Å²) in [6.07, 6.45) is 1.73. The summed E-state index contributed by atoms with van der Waals surface area (Å²) in [6.45, 7) is 8.06. The molecule has 0 aliphatic heterocycles. The maximum Gasteiger partial charge on any atom is 0.272 e. The molecule has 0 aliphatic carbocycles. The molecular formula is C24H17ClN6O. The SMILES string of the molecule is [C-]#[N+]c1c(-c2c(-c3ccc4c(=O)[nH]nc(CN)c4c3)cnn2C)c(Cl)cc2ccccc12. The molecule has 0 spiro atoms. The Labute approximate surface area is 187 Å². The van der Waals surface area contributed by atoms with Crippen LogP contribution < -0.4 is 11.3 Å². The third-order valence-corrected chi connectivity index (χ3v) is 5.93. The first-order chi connectivity index (χ1) is 15.5. The van der Waals surface area contributed by atoms with E-state index in [2.05, 4.69) is 20.1 Å². The lowest BCUT2D eigenvalue weighted by Crippen LogP contribution is -2.13. The molecule has 3 aromatic carbocycles. The second kappa shape index (κ2) is 7.61. The summed E-state index contributed by atoms with van der Waals surface area (Å²) >= 11 is 6.72. The normalized spacial score (nSPS) is 11.2. The Balaban J connectivity index is 1.82. The van der Waals surface area contributed by atoms with E-state index in [1.54, 1.807) is 16.9 Å². The van der Waals surface area contributed by atoms with Gasteiger partial charge >= 0.3 is 0 Å². The van der Waals surface area contributed by atoms with Crippen LogP contribution in [0.15, 0.2) is 59.5 Å². The van der Waals surface area contributed by atoms with E-state index < -0.39 is 0 Å². The van der Waals surface area contributed by atoms with Gasteiger partial charge in [-0.15, -0.1) is 0 Å². The minimum Gasteiger partial charge on any atom is -0.325 e. The van der Waals surface area contributed by atoms with Gasteiger partial charge in [0.2, 0.25) is 5.69 Å². The van der Waals surface area contributed by atoms with E-state index in [-0.39, 0.29) is 12.1 Å². The fourth-order valence-corrected chi connectivity index (χ4v) is 4.42. The van der Waals surface area contributed by atoms with Crippen LogP contribution in [0, 0.1) is 6.57 Å². The van der Waals surface area contributed by atoms with Crippen molar-refractivity contribution in [3.8, 4) is 22.4 Å². The van der Waals surface area contributed by atoms with Gasteiger partial charge in [0.15, 0.2) is 0 Å². The lowest BCUT2D eigenvalue weighted by molar-refractivity contribution is 0.776. The number of H-pyrrole nitrogens is 1. The van der Waals surface area contributed by atoms with Crippen molar-refractivity contribution in [3.05, 3.63) is 87.2 Å².